The fourth-order valence-corrected chi connectivity index (χ4v) is 3.46. The molecule has 0 radical (unpaired) electrons. The zero-order valence-corrected chi connectivity index (χ0v) is 13.2. The highest BCUT2D eigenvalue weighted by Gasteiger charge is 2.43. The molecule has 0 aliphatic carbocycles. The minimum atomic E-state index is -0.274. The summed E-state index contributed by atoms with van der Waals surface area (Å²) in [4.78, 5) is 18.1. The Morgan fingerprint density at radius 1 is 1.38 bits per heavy atom. The number of fused-ring (bicyclic) bond motifs is 1. The number of nitriles is 1. The van der Waals surface area contributed by atoms with E-state index in [0.29, 0.717) is 13.1 Å². The normalized spacial score (nSPS) is 22.0. The molecule has 7 nitrogen and oxygen atoms in total. The second kappa shape index (κ2) is 5.64. The Balaban J connectivity index is 1.43. The van der Waals surface area contributed by atoms with Gasteiger partial charge in [0.15, 0.2) is 0 Å². The highest BCUT2D eigenvalue weighted by Crippen LogP contribution is 2.38. The molecule has 1 atom stereocenters. The van der Waals surface area contributed by atoms with Crippen LogP contribution in [0.1, 0.15) is 24.2 Å². The second-order valence-corrected chi connectivity index (χ2v) is 6.34. The Bertz CT molecular complexity index is 824. The van der Waals surface area contributed by atoms with Gasteiger partial charge in [-0.25, -0.2) is 9.67 Å². The summed E-state index contributed by atoms with van der Waals surface area (Å²) in [6, 6.07) is 9.96. The number of carbonyl (C=O) groups excluding carboxylic acids is 1. The van der Waals surface area contributed by atoms with E-state index in [1.165, 1.54) is 16.6 Å². The van der Waals surface area contributed by atoms with Crippen molar-refractivity contribution in [2.75, 3.05) is 13.1 Å². The van der Waals surface area contributed by atoms with Gasteiger partial charge in [0.05, 0.1) is 6.54 Å². The number of para-hydroxylation sites is 1. The summed E-state index contributed by atoms with van der Waals surface area (Å²) in [6.07, 6.45) is 4.16. The molecule has 1 unspecified atom stereocenters. The molecule has 2 aliphatic rings. The van der Waals surface area contributed by atoms with E-state index in [9.17, 15) is 4.79 Å². The molecule has 1 spiro atoms. The van der Waals surface area contributed by atoms with E-state index in [-0.39, 0.29) is 23.9 Å². The summed E-state index contributed by atoms with van der Waals surface area (Å²) in [5.41, 5.74) is 0.962. The van der Waals surface area contributed by atoms with Gasteiger partial charge in [0.2, 0.25) is 5.91 Å². The Morgan fingerprint density at radius 2 is 2.25 bits per heavy atom. The first-order chi connectivity index (χ1) is 11.7. The number of aromatic nitrogens is 3. The van der Waals surface area contributed by atoms with E-state index in [4.69, 9.17) is 10.00 Å². The van der Waals surface area contributed by atoms with Gasteiger partial charge < -0.3 is 9.64 Å². The van der Waals surface area contributed by atoms with Crippen molar-refractivity contribution in [3.05, 3.63) is 42.0 Å². The number of likely N-dealkylation sites (tertiary alicyclic amines) is 1. The summed E-state index contributed by atoms with van der Waals surface area (Å²) in [5, 5.41) is 12.7. The minimum Gasteiger partial charge on any atom is -0.485 e. The monoisotopic (exact) mass is 323 g/mol. The molecular formula is C17H17N5O2. The fourth-order valence-electron chi connectivity index (χ4n) is 3.46. The molecule has 1 aromatic carbocycles. The van der Waals surface area contributed by atoms with Crippen molar-refractivity contribution in [2.45, 2.75) is 31.4 Å². The molecule has 0 saturated carbocycles. The first-order valence-corrected chi connectivity index (χ1v) is 8.02. The van der Waals surface area contributed by atoms with Crippen LogP contribution in [0.2, 0.25) is 0 Å². The Hall–Kier alpha value is -2.88. The number of hydrogen-bond acceptors (Lipinski definition) is 5. The molecule has 7 heteroatoms. The van der Waals surface area contributed by atoms with E-state index in [2.05, 4.69) is 16.1 Å². The summed E-state index contributed by atoms with van der Waals surface area (Å²) < 4.78 is 7.67. The zero-order valence-electron chi connectivity index (χ0n) is 13.2. The van der Waals surface area contributed by atoms with Crippen LogP contribution >= 0.6 is 0 Å². The van der Waals surface area contributed by atoms with Gasteiger partial charge >= 0.3 is 0 Å². The van der Waals surface area contributed by atoms with E-state index in [0.717, 1.165) is 25.0 Å². The number of rotatable bonds is 2. The SMILES string of the molecule is N#Cc1ncn(CC(=O)N2CCC3(CCc4ccccc4O3)C2)n1. The quantitative estimate of drug-likeness (QED) is 0.827. The molecule has 1 fully saturated rings. The largest absolute Gasteiger partial charge is 0.485 e. The van der Waals surface area contributed by atoms with E-state index in [1.807, 2.05) is 29.2 Å². The maximum atomic E-state index is 12.5. The molecule has 1 saturated heterocycles. The molecule has 0 bridgehead atoms. The van der Waals surface area contributed by atoms with Crippen molar-refractivity contribution < 1.29 is 9.53 Å². The highest BCUT2D eigenvalue weighted by atomic mass is 16.5. The maximum Gasteiger partial charge on any atom is 0.252 e. The summed E-state index contributed by atoms with van der Waals surface area (Å²) in [6.45, 7) is 1.38. The van der Waals surface area contributed by atoms with Gasteiger partial charge in [0, 0.05) is 13.0 Å². The van der Waals surface area contributed by atoms with Crippen molar-refractivity contribution >= 4 is 5.91 Å². The lowest BCUT2D eigenvalue weighted by Gasteiger charge is -2.35. The molecule has 2 aliphatic heterocycles. The van der Waals surface area contributed by atoms with Crippen LogP contribution in [0.25, 0.3) is 0 Å². The van der Waals surface area contributed by atoms with Crippen LogP contribution in [0.4, 0.5) is 0 Å². The van der Waals surface area contributed by atoms with Crippen LogP contribution < -0.4 is 4.74 Å². The smallest absolute Gasteiger partial charge is 0.252 e. The van der Waals surface area contributed by atoms with Gasteiger partial charge in [0.1, 0.15) is 30.3 Å². The third-order valence-electron chi connectivity index (χ3n) is 4.75. The summed E-state index contributed by atoms with van der Waals surface area (Å²) in [5.74, 6) is 0.990. The number of nitrogens with zero attached hydrogens (tertiary/aromatic N) is 5. The lowest BCUT2D eigenvalue weighted by molar-refractivity contribution is -0.131. The predicted octanol–water partition coefficient (Wildman–Crippen LogP) is 1.15. The lowest BCUT2D eigenvalue weighted by atomic mass is 9.90. The molecule has 1 aromatic heterocycles. The van der Waals surface area contributed by atoms with E-state index < -0.39 is 0 Å². The first-order valence-electron chi connectivity index (χ1n) is 8.02. The van der Waals surface area contributed by atoms with Crippen molar-refractivity contribution in [3.63, 3.8) is 0 Å². The number of benzene rings is 1. The molecule has 4 rings (SSSR count). The Labute approximate surface area is 139 Å². The molecule has 1 amide bonds. The lowest BCUT2D eigenvalue weighted by Crippen LogP contribution is -2.44. The number of aryl methyl sites for hydroxylation is 1. The van der Waals surface area contributed by atoms with Gasteiger partial charge in [-0.05, 0) is 24.5 Å². The third-order valence-corrected chi connectivity index (χ3v) is 4.75. The number of carbonyl (C=O) groups is 1. The number of amides is 1. The number of hydrogen-bond donors (Lipinski definition) is 0. The molecule has 3 heterocycles. The second-order valence-electron chi connectivity index (χ2n) is 6.34. The molecular weight excluding hydrogens is 306 g/mol. The van der Waals surface area contributed by atoms with Crippen LogP contribution in [0.3, 0.4) is 0 Å². The summed E-state index contributed by atoms with van der Waals surface area (Å²) >= 11 is 0. The minimum absolute atomic E-state index is 0.0243. The van der Waals surface area contributed by atoms with Gasteiger partial charge in [-0.1, -0.05) is 18.2 Å². The van der Waals surface area contributed by atoms with Gasteiger partial charge in [-0.3, -0.25) is 4.79 Å². The van der Waals surface area contributed by atoms with Gasteiger partial charge in [-0.15, -0.1) is 5.10 Å². The zero-order chi connectivity index (χ0) is 16.6. The van der Waals surface area contributed by atoms with Crippen LogP contribution in [-0.2, 0) is 17.8 Å². The molecule has 0 N–H and O–H groups in total. The number of ether oxygens (including phenoxy) is 1. The first kappa shape index (κ1) is 14.7. The predicted molar refractivity (Wildman–Crippen MR) is 84.1 cm³/mol. The molecule has 122 valence electrons. The van der Waals surface area contributed by atoms with Crippen molar-refractivity contribution in [2.24, 2.45) is 0 Å². The van der Waals surface area contributed by atoms with Crippen LogP contribution in [0, 0.1) is 11.3 Å². The standard InChI is InChI=1S/C17H17N5O2/c18-9-15-19-12-22(20-15)10-16(23)21-8-7-17(11-21)6-5-13-3-1-2-4-14(13)24-17/h1-4,12H,5-8,10-11H2. The highest BCUT2D eigenvalue weighted by molar-refractivity contribution is 5.76. The molecule has 24 heavy (non-hydrogen) atoms. The Morgan fingerprint density at radius 3 is 3.08 bits per heavy atom. The fraction of sp³-hybridized carbons (Fsp3) is 0.412. The summed E-state index contributed by atoms with van der Waals surface area (Å²) in [7, 11) is 0. The van der Waals surface area contributed by atoms with Crippen LogP contribution in [0.15, 0.2) is 30.6 Å². The van der Waals surface area contributed by atoms with Gasteiger partial charge in [-0.2, -0.15) is 5.26 Å². The van der Waals surface area contributed by atoms with E-state index >= 15 is 0 Å². The van der Waals surface area contributed by atoms with Crippen LogP contribution in [0.5, 0.6) is 5.75 Å². The van der Waals surface area contributed by atoms with Crippen molar-refractivity contribution in [1.29, 1.82) is 5.26 Å². The van der Waals surface area contributed by atoms with Crippen molar-refractivity contribution in [3.8, 4) is 11.8 Å². The average molecular weight is 323 g/mol. The van der Waals surface area contributed by atoms with Gasteiger partial charge in [0.25, 0.3) is 5.82 Å². The molecule has 2 aromatic rings. The van der Waals surface area contributed by atoms with Crippen molar-refractivity contribution in [1.82, 2.24) is 19.7 Å². The van der Waals surface area contributed by atoms with E-state index in [1.54, 1.807) is 0 Å². The Kier molecular flexibility index (Phi) is 3.45. The average Bonchev–Trinajstić information content (AvgIpc) is 3.22. The maximum absolute atomic E-state index is 12.5. The topological polar surface area (TPSA) is 84.0 Å². The van der Waals surface area contributed by atoms with Crippen LogP contribution in [-0.4, -0.2) is 44.3 Å². The third kappa shape index (κ3) is 2.60.